The molecule has 1 aromatic rings. The Labute approximate surface area is 76.6 Å². The number of aromatic nitrogens is 3. The fourth-order valence-corrected chi connectivity index (χ4v) is 0.818. The number of nitrogens with zero attached hydrogens (tertiary/aromatic N) is 3. The fourth-order valence-electron chi connectivity index (χ4n) is 0.818. The van der Waals surface area contributed by atoms with E-state index in [1.54, 1.807) is 14.2 Å². The molecule has 0 aliphatic carbocycles. The zero-order valence-corrected chi connectivity index (χ0v) is 7.86. The van der Waals surface area contributed by atoms with Gasteiger partial charge in [0.1, 0.15) is 6.61 Å². The quantitative estimate of drug-likeness (QED) is 0.631. The van der Waals surface area contributed by atoms with Gasteiger partial charge in [0.25, 0.3) is 0 Å². The molecule has 74 valence electrons. The predicted octanol–water partition coefficient (Wildman–Crippen LogP) is -0.440. The van der Waals surface area contributed by atoms with Crippen molar-refractivity contribution in [2.75, 3.05) is 26.1 Å². The van der Waals surface area contributed by atoms with Crippen molar-refractivity contribution >= 4 is 5.95 Å². The molecule has 0 saturated heterocycles. The Morgan fingerprint density at radius 3 is 2.77 bits per heavy atom. The topological polar surface area (TPSA) is 75.2 Å². The van der Waals surface area contributed by atoms with Gasteiger partial charge in [0, 0.05) is 14.2 Å². The first kappa shape index (κ1) is 9.94. The van der Waals surface area contributed by atoms with Crippen LogP contribution in [-0.2, 0) is 23.1 Å². The average molecular weight is 186 g/mol. The fraction of sp³-hybridized carbons (Fsp3) is 0.714. The second-order valence-corrected chi connectivity index (χ2v) is 2.56. The number of nitrogen functional groups attached to an aromatic ring is 1. The van der Waals surface area contributed by atoms with Gasteiger partial charge in [-0.05, 0) is 0 Å². The highest BCUT2D eigenvalue weighted by Gasteiger charge is 2.02. The number of nitrogens with two attached hydrogens (primary N) is 1. The highest BCUT2D eigenvalue weighted by Crippen LogP contribution is 1.98. The van der Waals surface area contributed by atoms with E-state index >= 15 is 0 Å². The van der Waals surface area contributed by atoms with Crippen LogP contribution in [0, 0.1) is 0 Å². The smallest absolute Gasteiger partial charge is 0.218 e. The second kappa shape index (κ2) is 4.78. The van der Waals surface area contributed by atoms with Gasteiger partial charge in [-0.2, -0.15) is 10.1 Å². The lowest BCUT2D eigenvalue weighted by Crippen LogP contribution is -2.03. The van der Waals surface area contributed by atoms with E-state index in [-0.39, 0.29) is 0 Å². The van der Waals surface area contributed by atoms with Crippen molar-refractivity contribution in [2.45, 2.75) is 6.61 Å². The van der Waals surface area contributed by atoms with Crippen molar-refractivity contribution in [1.82, 2.24) is 14.8 Å². The van der Waals surface area contributed by atoms with Gasteiger partial charge in [0.05, 0.1) is 13.2 Å². The molecule has 0 fully saturated rings. The van der Waals surface area contributed by atoms with E-state index in [1.807, 2.05) is 0 Å². The standard InChI is InChI=1S/C7H14N4O2/c1-11-7(8)9-6(10-11)5-13-4-3-12-2/h3-5H2,1-2H3,(H2,8,9,10). The molecule has 0 aliphatic rings. The third-order valence-corrected chi connectivity index (χ3v) is 1.50. The lowest BCUT2D eigenvalue weighted by Gasteiger charge is -1.98. The molecule has 0 unspecified atom stereocenters. The zero-order valence-electron chi connectivity index (χ0n) is 7.86. The van der Waals surface area contributed by atoms with Crippen LogP contribution >= 0.6 is 0 Å². The average Bonchev–Trinajstić information content (AvgIpc) is 2.41. The zero-order chi connectivity index (χ0) is 9.68. The first-order valence-electron chi connectivity index (χ1n) is 3.96. The lowest BCUT2D eigenvalue weighted by atomic mass is 10.6. The van der Waals surface area contributed by atoms with E-state index in [9.17, 15) is 0 Å². The minimum atomic E-state index is 0.369. The van der Waals surface area contributed by atoms with Crippen molar-refractivity contribution in [3.63, 3.8) is 0 Å². The van der Waals surface area contributed by atoms with Gasteiger partial charge in [-0.15, -0.1) is 0 Å². The Kier molecular flexibility index (Phi) is 3.66. The molecule has 1 rings (SSSR count). The highest BCUT2D eigenvalue weighted by atomic mass is 16.5. The van der Waals surface area contributed by atoms with Gasteiger partial charge in [-0.25, -0.2) is 4.68 Å². The van der Waals surface area contributed by atoms with Crippen molar-refractivity contribution in [3.05, 3.63) is 5.82 Å². The molecule has 6 heteroatoms. The normalized spacial score (nSPS) is 10.6. The summed E-state index contributed by atoms with van der Waals surface area (Å²) in [4.78, 5) is 3.97. The van der Waals surface area contributed by atoms with Gasteiger partial charge >= 0.3 is 0 Å². The molecule has 0 radical (unpaired) electrons. The number of hydrogen-bond donors (Lipinski definition) is 1. The van der Waals surface area contributed by atoms with Crippen LogP contribution in [0.2, 0.25) is 0 Å². The highest BCUT2D eigenvalue weighted by molar-refractivity contribution is 5.14. The maximum absolute atomic E-state index is 5.48. The van der Waals surface area contributed by atoms with Crippen LogP contribution in [-0.4, -0.2) is 35.1 Å². The molecule has 13 heavy (non-hydrogen) atoms. The minimum Gasteiger partial charge on any atom is -0.382 e. The van der Waals surface area contributed by atoms with Crippen molar-refractivity contribution in [2.24, 2.45) is 7.05 Å². The summed E-state index contributed by atoms with van der Waals surface area (Å²) < 4.78 is 11.5. The Hall–Kier alpha value is -1.14. The molecular formula is C7H14N4O2. The van der Waals surface area contributed by atoms with Gasteiger partial charge in [0.15, 0.2) is 5.82 Å². The van der Waals surface area contributed by atoms with E-state index in [0.717, 1.165) is 0 Å². The molecule has 6 nitrogen and oxygen atoms in total. The van der Waals surface area contributed by atoms with E-state index in [0.29, 0.717) is 31.6 Å². The molecule has 1 heterocycles. The summed E-state index contributed by atoms with van der Waals surface area (Å²) in [7, 11) is 3.36. The third kappa shape index (κ3) is 3.00. The molecule has 0 amide bonds. The summed E-state index contributed by atoms with van der Waals surface area (Å²) in [6, 6.07) is 0. The summed E-state index contributed by atoms with van der Waals surface area (Å²) in [5, 5.41) is 4.02. The molecule has 2 N–H and O–H groups in total. The SMILES string of the molecule is COCCOCc1nc(N)n(C)n1. The van der Waals surface area contributed by atoms with Crippen LogP contribution in [0.15, 0.2) is 0 Å². The summed E-state index contributed by atoms with van der Waals surface area (Å²) in [5.41, 5.74) is 5.48. The van der Waals surface area contributed by atoms with E-state index in [2.05, 4.69) is 10.1 Å². The third-order valence-electron chi connectivity index (χ3n) is 1.50. The first-order chi connectivity index (χ1) is 6.24. The summed E-state index contributed by atoms with van der Waals surface area (Å²) >= 11 is 0. The minimum absolute atomic E-state index is 0.369. The molecule has 0 atom stereocenters. The van der Waals surface area contributed by atoms with Crippen LogP contribution in [0.25, 0.3) is 0 Å². The Balaban J connectivity index is 2.29. The summed E-state index contributed by atoms with van der Waals surface area (Å²) in [6.45, 7) is 1.48. The van der Waals surface area contributed by atoms with E-state index in [1.165, 1.54) is 4.68 Å². The number of methoxy groups -OCH3 is 1. The lowest BCUT2D eigenvalue weighted by molar-refractivity contribution is 0.0586. The van der Waals surface area contributed by atoms with Crippen LogP contribution in [0.3, 0.4) is 0 Å². The second-order valence-electron chi connectivity index (χ2n) is 2.56. The summed E-state index contributed by atoms with van der Waals surface area (Å²) in [5.74, 6) is 0.987. The maximum atomic E-state index is 5.48. The molecule has 0 aliphatic heterocycles. The maximum Gasteiger partial charge on any atom is 0.218 e. The van der Waals surface area contributed by atoms with Gasteiger partial charge in [0.2, 0.25) is 5.95 Å². The molecule has 1 aromatic heterocycles. The number of anilines is 1. The Morgan fingerprint density at radius 1 is 1.46 bits per heavy atom. The Morgan fingerprint density at radius 2 is 2.23 bits per heavy atom. The summed E-state index contributed by atoms with van der Waals surface area (Å²) in [6.07, 6.45) is 0. The van der Waals surface area contributed by atoms with Crippen molar-refractivity contribution < 1.29 is 9.47 Å². The Bertz CT molecular complexity index is 241. The largest absolute Gasteiger partial charge is 0.382 e. The van der Waals surface area contributed by atoms with Gasteiger partial charge in [-0.1, -0.05) is 0 Å². The van der Waals surface area contributed by atoms with Crippen molar-refractivity contribution in [1.29, 1.82) is 0 Å². The number of ether oxygens (including phenoxy) is 2. The predicted molar refractivity (Wildman–Crippen MR) is 46.9 cm³/mol. The monoisotopic (exact) mass is 186 g/mol. The van der Waals surface area contributed by atoms with Gasteiger partial charge in [-0.3, -0.25) is 0 Å². The van der Waals surface area contributed by atoms with E-state index in [4.69, 9.17) is 15.2 Å². The molecule has 0 spiro atoms. The van der Waals surface area contributed by atoms with Crippen LogP contribution in [0.1, 0.15) is 5.82 Å². The molecule has 0 bridgehead atoms. The van der Waals surface area contributed by atoms with Crippen LogP contribution in [0.4, 0.5) is 5.95 Å². The number of hydrogen-bond acceptors (Lipinski definition) is 5. The van der Waals surface area contributed by atoms with E-state index < -0.39 is 0 Å². The first-order valence-corrected chi connectivity index (χ1v) is 3.96. The van der Waals surface area contributed by atoms with Crippen molar-refractivity contribution in [3.8, 4) is 0 Å². The molecule has 0 saturated carbocycles. The number of aryl methyl sites for hydroxylation is 1. The van der Waals surface area contributed by atoms with Crippen LogP contribution in [0.5, 0.6) is 0 Å². The van der Waals surface area contributed by atoms with Gasteiger partial charge < -0.3 is 15.2 Å². The molecule has 0 aromatic carbocycles. The number of rotatable bonds is 5. The molecular weight excluding hydrogens is 172 g/mol. The van der Waals surface area contributed by atoms with Crippen LogP contribution < -0.4 is 5.73 Å².